The fraction of sp³-hybridized carbons (Fsp3) is 0.583. The van der Waals surface area contributed by atoms with Gasteiger partial charge in [0, 0.05) is 18.0 Å². The fourth-order valence-electron chi connectivity index (χ4n) is 2.02. The van der Waals surface area contributed by atoms with Gasteiger partial charge < -0.3 is 14.7 Å². The molecule has 1 aliphatic rings. The predicted molar refractivity (Wildman–Crippen MR) is 66.4 cm³/mol. The Balaban J connectivity index is 2.08. The Kier molecular flexibility index (Phi) is 3.81. The summed E-state index contributed by atoms with van der Waals surface area (Å²) in [4.78, 5) is 15.9. The van der Waals surface area contributed by atoms with Crippen LogP contribution < -0.4 is 0 Å². The van der Waals surface area contributed by atoms with E-state index in [2.05, 4.69) is 0 Å². The van der Waals surface area contributed by atoms with Crippen molar-refractivity contribution in [3.63, 3.8) is 0 Å². The molecule has 4 nitrogen and oxygen atoms in total. The van der Waals surface area contributed by atoms with Gasteiger partial charge in [-0.2, -0.15) is 0 Å². The Hall–Kier alpha value is -0.910. The van der Waals surface area contributed by atoms with Gasteiger partial charge >= 0.3 is 0 Å². The number of ether oxygens (including phenoxy) is 1. The molecule has 2 unspecified atom stereocenters. The highest BCUT2D eigenvalue weighted by atomic mass is 32.1. The lowest BCUT2D eigenvalue weighted by Crippen LogP contribution is -2.50. The van der Waals surface area contributed by atoms with Gasteiger partial charge in [-0.1, -0.05) is 0 Å². The molecule has 0 spiro atoms. The second-order valence-electron chi connectivity index (χ2n) is 4.37. The Morgan fingerprint density at radius 2 is 2.35 bits per heavy atom. The fourth-order valence-corrected chi connectivity index (χ4v) is 2.85. The molecule has 0 radical (unpaired) electrons. The van der Waals surface area contributed by atoms with Crippen molar-refractivity contribution < 1.29 is 14.6 Å². The second-order valence-corrected chi connectivity index (χ2v) is 5.66. The van der Waals surface area contributed by atoms with E-state index in [1.165, 1.54) is 11.3 Å². The number of rotatable bonds is 2. The number of hydrogen-bond acceptors (Lipinski definition) is 4. The van der Waals surface area contributed by atoms with Gasteiger partial charge in [-0.3, -0.25) is 4.79 Å². The van der Waals surface area contributed by atoms with Crippen molar-refractivity contribution in [2.24, 2.45) is 0 Å². The first kappa shape index (κ1) is 12.5. The molecule has 5 heteroatoms. The van der Waals surface area contributed by atoms with Crippen LogP contribution in [0.1, 0.15) is 21.5 Å². The number of carbonyl (C=O) groups is 1. The van der Waals surface area contributed by atoms with E-state index in [-0.39, 0.29) is 24.7 Å². The summed E-state index contributed by atoms with van der Waals surface area (Å²) in [5, 5.41) is 9.12. The van der Waals surface area contributed by atoms with Crippen molar-refractivity contribution in [3.05, 3.63) is 21.9 Å². The van der Waals surface area contributed by atoms with E-state index in [9.17, 15) is 4.79 Å². The molecule has 0 saturated carbocycles. The number of thiophene rings is 1. The second kappa shape index (κ2) is 5.16. The van der Waals surface area contributed by atoms with Crippen molar-refractivity contribution in [3.8, 4) is 0 Å². The number of aliphatic hydroxyl groups is 1. The number of carbonyl (C=O) groups excluding carboxylic acids is 1. The summed E-state index contributed by atoms with van der Waals surface area (Å²) in [5.41, 5.74) is 0. The molecule has 94 valence electrons. The molecule has 2 atom stereocenters. The molecule has 2 heterocycles. The van der Waals surface area contributed by atoms with Gasteiger partial charge in [0.25, 0.3) is 5.91 Å². The van der Waals surface area contributed by atoms with Crippen LogP contribution in [-0.2, 0) is 4.74 Å². The van der Waals surface area contributed by atoms with Gasteiger partial charge in [0.2, 0.25) is 0 Å². The van der Waals surface area contributed by atoms with E-state index >= 15 is 0 Å². The van der Waals surface area contributed by atoms with E-state index in [1.54, 1.807) is 4.90 Å². The number of aliphatic hydroxyl groups excluding tert-OH is 1. The van der Waals surface area contributed by atoms with E-state index in [1.807, 2.05) is 26.0 Å². The number of morpholine rings is 1. The van der Waals surface area contributed by atoms with Crippen LogP contribution in [-0.4, -0.2) is 47.8 Å². The molecule has 17 heavy (non-hydrogen) atoms. The van der Waals surface area contributed by atoms with Crippen molar-refractivity contribution in [2.75, 3.05) is 19.7 Å². The maximum Gasteiger partial charge on any atom is 0.264 e. The zero-order valence-electron chi connectivity index (χ0n) is 10.0. The van der Waals surface area contributed by atoms with Crippen LogP contribution in [0.2, 0.25) is 0 Å². The van der Waals surface area contributed by atoms with E-state index in [0.717, 1.165) is 9.75 Å². The van der Waals surface area contributed by atoms with Crippen LogP contribution in [0.5, 0.6) is 0 Å². The van der Waals surface area contributed by atoms with Crippen LogP contribution in [0.15, 0.2) is 12.1 Å². The minimum atomic E-state index is -0.260. The molecular formula is C12H17NO3S. The summed E-state index contributed by atoms with van der Waals surface area (Å²) < 4.78 is 5.52. The lowest BCUT2D eigenvalue weighted by molar-refractivity contribution is -0.0857. The largest absolute Gasteiger partial charge is 0.394 e. The average molecular weight is 255 g/mol. The quantitative estimate of drug-likeness (QED) is 0.866. The zero-order valence-corrected chi connectivity index (χ0v) is 10.9. The topological polar surface area (TPSA) is 49.8 Å². The summed E-state index contributed by atoms with van der Waals surface area (Å²) in [6.45, 7) is 4.92. The van der Waals surface area contributed by atoms with Gasteiger partial charge in [-0.25, -0.2) is 0 Å². The maximum absolute atomic E-state index is 12.2. The summed E-state index contributed by atoms with van der Waals surface area (Å²) in [7, 11) is 0. The number of hydrogen-bond donors (Lipinski definition) is 1. The molecule has 1 aromatic heterocycles. The summed E-state index contributed by atoms with van der Waals surface area (Å²) in [6.07, 6.45) is -0.283. The van der Waals surface area contributed by atoms with Crippen molar-refractivity contribution >= 4 is 17.2 Å². The highest BCUT2D eigenvalue weighted by Gasteiger charge is 2.28. The Morgan fingerprint density at radius 3 is 2.94 bits per heavy atom. The monoisotopic (exact) mass is 255 g/mol. The molecule has 1 N–H and O–H groups in total. The van der Waals surface area contributed by atoms with Gasteiger partial charge in [0.1, 0.15) is 0 Å². The first-order valence-corrected chi connectivity index (χ1v) is 6.54. The highest BCUT2D eigenvalue weighted by molar-refractivity contribution is 7.13. The molecule has 0 bridgehead atoms. The number of nitrogens with zero attached hydrogens (tertiary/aromatic N) is 1. The molecular weight excluding hydrogens is 238 g/mol. The lowest BCUT2D eigenvalue weighted by atomic mass is 10.2. The highest BCUT2D eigenvalue weighted by Crippen LogP contribution is 2.20. The van der Waals surface area contributed by atoms with Crippen LogP contribution in [0.3, 0.4) is 0 Å². The zero-order chi connectivity index (χ0) is 12.4. The van der Waals surface area contributed by atoms with Gasteiger partial charge in [-0.15, -0.1) is 11.3 Å². The van der Waals surface area contributed by atoms with E-state index in [0.29, 0.717) is 13.1 Å². The molecule has 1 saturated heterocycles. The normalized spacial score (nSPS) is 25.0. The van der Waals surface area contributed by atoms with E-state index < -0.39 is 0 Å². The van der Waals surface area contributed by atoms with Crippen molar-refractivity contribution in [1.82, 2.24) is 4.90 Å². The molecule has 0 aliphatic carbocycles. The third-order valence-electron chi connectivity index (χ3n) is 2.77. The van der Waals surface area contributed by atoms with Gasteiger partial charge in [0.15, 0.2) is 0 Å². The minimum Gasteiger partial charge on any atom is -0.394 e. The first-order chi connectivity index (χ1) is 8.10. The molecule has 2 rings (SSSR count). The van der Waals surface area contributed by atoms with Crippen LogP contribution in [0, 0.1) is 6.92 Å². The maximum atomic E-state index is 12.2. The minimum absolute atomic E-state index is 0.0223. The molecule has 1 aromatic rings. The van der Waals surface area contributed by atoms with Crippen molar-refractivity contribution in [1.29, 1.82) is 0 Å². The third-order valence-corrected chi connectivity index (χ3v) is 3.76. The van der Waals surface area contributed by atoms with E-state index in [4.69, 9.17) is 9.84 Å². The average Bonchev–Trinajstić information content (AvgIpc) is 2.74. The predicted octanol–water partition coefficient (Wildman–Crippen LogP) is 1.28. The van der Waals surface area contributed by atoms with Crippen molar-refractivity contribution in [2.45, 2.75) is 26.1 Å². The van der Waals surface area contributed by atoms with Gasteiger partial charge in [-0.05, 0) is 26.0 Å². The summed E-state index contributed by atoms with van der Waals surface area (Å²) in [5.74, 6) is 0.0386. The molecule has 1 fully saturated rings. The van der Waals surface area contributed by atoms with Gasteiger partial charge in [0.05, 0.1) is 23.7 Å². The van der Waals surface area contributed by atoms with Crippen LogP contribution in [0.25, 0.3) is 0 Å². The van der Waals surface area contributed by atoms with Crippen LogP contribution >= 0.6 is 11.3 Å². The molecule has 1 amide bonds. The Morgan fingerprint density at radius 1 is 1.59 bits per heavy atom. The molecule has 0 aromatic carbocycles. The van der Waals surface area contributed by atoms with Crippen LogP contribution in [0.4, 0.5) is 0 Å². The number of amides is 1. The smallest absolute Gasteiger partial charge is 0.264 e. The Labute approximate surface area is 105 Å². The summed E-state index contributed by atoms with van der Waals surface area (Å²) in [6, 6.07) is 3.81. The summed E-state index contributed by atoms with van der Waals surface area (Å²) >= 11 is 1.51. The molecule has 1 aliphatic heterocycles. The lowest BCUT2D eigenvalue weighted by Gasteiger charge is -2.35. The third kappa shape index (κ3) is 2.86. The standard InChI is InChI=1S/C12H17NO3S/c1-8-5-13(6-10(7-14)16-8)12(15)11-4-3-9(2)17-11/h3-4,8,10,14H,5-7H2,1-2H3. The first-order valence-electron chi connectivity index (χ1n) is 5.72. The SMILES string of the molecule is Cc1ccc(C(=O)N2CC(C)OC(CO)C2)s1. The Bertz CT molecular complexity index is 404. The number of aryl methyl sites for hydroxylation is 1.